The Morgan fingerprint density at radius 2 is 1.58 bits per heavy atom. The van der Waals surface area contributed by atoms with Crippen molar-refractivity contribution in [3.8, 4) is 0 Å². The molecule has 1 amide bonds. The van der Waals surface area contributed by atoms with Gasteiger partial charge in [0.15, 0.2) is 0 Å². The number of rotatable bonds is 2. The third kappa shape index (κ3) is 4.27. The Balaban J connectivity index is 2.28. The van der Waals surface area contributed by atoms with Crippen LogP contribution in [0.5, 0.6) is 0 Å². The van der Waals surface area contributed by atoms with Gasteiger partial charge >= 0.3 is 0 Å². The van der Waals surface area contributed by atoms with E-state index >= 15 is 0 Å². The van der Waals surface area contributed by atoms with Crippen molar-refractivity contribution in [1.29, 1.82) is 0 Å². The van der Waals surface area contributed by atoms with Gasteiger partial charge in [0.1, 0.15) is 0 Å². The molecule has 0 unspecified atom stereocenters. The van der Waals surface area contributed by atoms with Crippen LogP contribution in [0, 0.1) is 3.57 Å². The van der Waals surface area contributed by atoms with Crippen LogP contribution >= 0.6 is 70.4 Å². The van der Waals surface area contributed by atoms with Crippen molar-refractivity contribution in [2.45, 2.75) is 0 Å². The molecule has 0 radical (unpaired) electrons. The monoisotopic (exact) mass is 557 g/mol. The van der Waals surface area contributed by atoms with Crippen LogP contribution in [0.4, 0.5) is 5.69 Å². The fourth-order valence-electron chi connectivity index (χ4n) is 1.47. The van der Waals surface area contributed by atoms with Crippen molar-refractivity contribution in [3.05, 3.63) is 58.9 Å². The van der Waals surface area contributed by atoms with Gasteiger partial charge in [-0.3, -0.25) is 4.79 Å². The van der Waals surface area contributed by atoms with Gasteiger partial charge in [0.25, 0.3) is 5.91 Å². The molecule has 0 aromatic heterocycles. The van der Waals surface area contributed by atoms with Crippen LogP contribution in [-0.4, -0.2) is 5.91 Å². The topological polar surface area (TPSA) is 29.1 Å². The molecular formula is C13H7Br3INO. The molecule has 2 aromatic carbocycles. The van der Waals surface area contributed by atoms with E-state index in [0.717, 1.165) is 22.7 Å². The summed E-state index contributed by atoms with van der Waals surface area (Å²) in [5.41, 5.74) is 1.38. The van der Waals surface area contributed by atoms with Crippen molar-refractivity contribution >= 4 is 82.0 Å². The smallest absolute Gasteiger partial charge is 0.255 e. The molecule has 0 bridgehead atoms. The molecule has 0 saturated carbocycles. The maximum atomic E-state index is 12.2. The molecule has 0 spiro atoms. The molecule has 0 saturated heterocycles. The van der Waals surface area contributed by atoms with Crippen molar-refractivity contribution < 1.29 is 4.79 Å². The summed E-state index contributed by atoms with van der Waals surface area (Å²) in [7, 11) is 0. The first-order valence-corrected chi connectivity index (χ1v) is 8.64. The predicted octanol–water partition coefficient (Wildman–Crippen LogP) is 5.83. The minimum atomic E-state index is -0.141. The zero-order valence-electron chi connectivity index (χ0n) is 9.38. The van der Waals surface area contributed by atoms with Crippen molar-refractivity contribution in [2.24, 2.45) is 0 Å². The average molecular weight is 560 g/mol. The Bertz CT molecular complexity index is 626. The van der Waals surface area contributed by atoms with Gasteiger partial charge < -0.3 is 5.32 Å². The molecule has 2 rings (SSSR count). The molecule has 0 atom stereocenters. The predicted molar refractivity (Wildman–Crippen MR) is 96.7 cm³/mol. The van der Waals surface area contributed by atoms with Crippen molar-refractivity contribution in [3.63, 3.8) is 0 Å². The largest absolute Gasteiger partial charge is 0.321 e. The van der Waals surface area contributed by atoms with Crippen LogP contribution in [0.15, 0.2) is 49.8 Å². The number of carbonyl (C=O) groups is 1. The molecule has 2 aromatic rings. The van der Waals surface area contributed by atoms with E-state index in [1.807, 2.05) is 24.3 Å². The van der Waals surface area contributed by atoms with E-state index in [4.69, 9.17) is 0 Å². The van der Waals surface area contributed by atoms with E-state index in [1.165, 1.54) is 0 Å². The summed E-state index contributed by atoms with van der Waals surface area (Å²) in [6, 6.07) is 11.2. The van der Waals surface area contributed by atoms with E-state index in [1.54, 1.807) is 12.1 Å². The molecule has 0 heterocycles. The van der Waals surface area contributed by atoms with Gasteiger partial charge in [0.05, 0.1) is 5.69 Å². The molecule has 0 aliphatic carbocycles. The maximum Gasteiger partial charge on any atom is 0.255 e. The molecular weight excluding hydrogens is 553 g/mol. The summed E-state index contributed by atoms with van der Waals surface area (Å²) in [5.74, 6) is -0.141. The third-order valence-electron chi connectivity index (χ3n) is 2.30. The molecule has 98 valence electrons. The summed E-state index contributed by atoms with van der Waals surface area (Å²) in [5, 5.41) is 2.90. The van der Waals surface area contributed by atoms with Crippen LogP contribution in [0.2, 0.25) is 0 Å². The Kier molecular flexibility index (Phi) is 5.45. The fraction of sp³-hybridized carbons (Fsp3) is 0. The number of anilines is 1. The SMILES string of the molecule is O=C(Nc1cc(Br)ccc1I)c1cc(Br)cc(Br)c1. The molecule has 0 aliphatic rings. The van der Waals surface area contributed by atoms with Gasteiger partial charge in [-0.1, -0.05) is 47.8 Å². The van der Waals surface area contributed by atoms with Crippen molar-refractivity contribution in [1.82, 2.24) is 0 Å². The van der Waals surface area contributed by atoms with Gasteiger partial charge in [-0.2, -0.15) is 0 Å². The molecule has 0 aliphatic heterocycles. The summed E-state index contributed by atoms with van der Waals surface area (Å²) >= 11 is 12.3. The molecule has 0 fully saturated rings. The van der Waals surface area contributed by atoms with Gasteiger partial charge in [-0.15, -0.1) is 0 Å². The second-order valence-electron chi connectivity index (χ2n) is 3.74. The number of nitrogens with one attached hydrogen (secondary N) is 1. The number of benzene rings is 2. The van der Waals surface area contributed by atoms with E-state index in [2.05, 4.69) is 75.7 Å². The van der Waals surface area contributed by atoms with Gasteiger partial charge in [0.2, 0.25) is 0 Å². The minimum absolute atomic E-state index is 0.141. The first kappa shape index (κ1) is 15.5. The Labute approximate surface area is 149 Å². The number of hydrogen-bond donors (Lipinski definition) is 1. The van der Waals surface area contributed by atoms with Crippen LogP contribution in [0.1, 0.15) is 10.4 Å². The van der Waals surface area contributed by atoms with E-state index in [-0.39, 0.29) is 5.91 Å². The second-order valence-corrected chi connectivity index (χ2v) is 7.65. The number of halogens is 4. The Hall–Kier alpha value is 0.0800. The zero-order valence-corrected chi connectivity index (χ0v) is 16.3. The summed E-state index contributed by atoms with van der Waals surface area (Å²) in [4.78, 5) is 12.2. The summed E-state index contributed by atoms with van der Waals surface area (Å²) < 4.78 is 3.63. The van der Waals surface area contributed by atoms with Gasteiger partial charge in [-0.25, -0.2) is 0 Å². The molecule has 2 nitrogen and oxygen atoms in total. The van der Waals surface area contributed by atoms with E-state index < -0.39 is 0 Å². The first-order chi connectivity index (χ1) is 8.95. The number of hydrogen-bond acceptors (Lipinski definition) is 1. The van der Waals surface area contributed by atoms with Crippen molar-refractivity contribution in [2.75, 3.05) is 5.32 Å². The van der Waals surface area contributed by atoms with Crippen LogP contribution in [0.3, 0.4) is 0 Å². The molecule has 1 N–H and O–H groups in total. The standard InChI is InChI=1S/C13H7Br3INO/c14-8-1-2-11(17)12(6-8)18-13(19)7-3-9(15)5-10(16)4-7/h1-6H,(H,18,19). The number of amides is 1. The Morgan fingerprint density at radius 3 is 2.21 bits per heavy atom. The quantitative estimate of drug-likeness (QED) is 0.461. The summed E-state index contributed by atoms with van der Waals surface area (Å²) in [6.07, 6.45) is 0. The fourth-order valence-corrected chi connectivity index (χ4v) is 3.60. The van der Waals surface area contributed by atoms with E-state index in [0.29, 0.717) is 5.56 Å². The average Bonchev–Trinajstić information content (AvgIpc) is 2.32. The second kappa shape index (κ2) is 6.69. The van der Waals surface area contributed by atoms with E-state index in [9.17, 15) is 4.79 Å². The highest BCUT2D eigenvalue weighted by atomic mass is 127. The van der Waals surface area contributed by atoms with Gasteiger partial charge in [0, 0.05) is 22.6 Å². The lowest BCUT2D eigenvalue weighted by atomic mass is 10.2. The highest BCUT2D eigenvalue weighted by molar-refractivity contribution is 14.1. The summed E-state index contributed by atoms with van der Waals surface area (Å²) in [6.45, 7) is 0. The maximum absolute atomic E-state index is 12.2. The highest BCUT2D eigenvalue weighted by Gasteiger charge is 2.10. The molecule has 19 heavy (non-hydrogen) atoms. The third-order valence-corrected chi connectivity index (χ3v) is 4.65. The van der Waals surface area contributed by atoms with Crippen LogP contribution in [0.25, 0.3) is 0 Å². The lowest BCUT2D eigenvalue weighted by molar-refractivity contribution is 0.102. The lowest BCUT2D eigenvalue weighted by Crippen LogP contribution is -2.12. The number of carbonyl (C=O) groups excluding carboxylic acids is 1. The van der Waals surface area contributed by atoms with Crippen LogP contribution < -0.4 is 5.32 Å². The minimum Gasteiger partial charge on any atom is -0.321 e. The lowest BCUT2D eigenvalue weighted by Gasteiger charge is -2.08. The van der Waals surface area contributed by atoms with Gasteiger partial charge in [-0.05, 0) is 59.0 Å². The normalized spacial score (nSPS) is 10.3. The van der Waals surface area contributed by atoms with Crippen LogP contribution in [-0.2, 0) is 0 Å². The highest BCUT2D eigenvalue weighted by Crippen LogP contribution is 2.25. The zero-order chi connectivity index (χ0) is 14.0. The molecule has 6 heteroatoms. The Morgan fingerprint density at radius 1 is 0.947 bits per heavy atom. The first-order valence-electron chi connectivity index (χ1n) is 5.18.